The number of hydrogen-bond acceptors (Lipinski definition) is 2. The molecule has 1 saturated carbocycles. The molecule has 0 aliphatic heterocycles. The van der Waals surface area contributed by atoms with Crippen molar-refractivity contribution in [2.24, 2.45) is 0 Å². The van der Waals surface area contributed by atoms with Gasteiger partial charge in [-0.05, 0) is 55.5 Å². The lowest BCUT2D eigenvalue weighted by Crippen LogP contribution is -2.33. The molecule has 2 aromatic rings. The molecule has 1 aliphatic carbocycles. The lowest BCUT2D eigenvalue weighted by Gasteiger charge is -2.37. The van der Waals surface area contributed by atoms with E-state index in [0.29, 0.717) is 17.7 Å². The maximum absolute atomic E-state index is 9.25. The Bertz CT molecular complexity index is 556. The first-order valence-electron chi connectivity index (χ1n) is 6.83. The first-order valence-corrected chi connectivity index (χ1v) is 6.83. The fraction of sp³-hybridized carbons (Fsp3) is 0.294. The largest absolute Gasteiger partial charge is 0.508 e. The Morgan fingerprint density at radius 3 is 2.47 bits per heavy atom. The summed E-state index contributed by atoms with van der Waals surface area (Å²) in [6.45, 7) is 2.15. The van der Waals surface area contributed by atoms with E-state index in [4.69, 9.17) is 0 Å². The Labute approximate surface area is 114 Å². The number of benzene rings is 2. The van der Waals surface area contributed by atoms with E-state index in [9.17, 15) is 5.11 Å². The van der Waals surface area contributed by atoms with Crippen molar-refractivity contribution in [3.05, 3.63) is 59.7 Å². The molecular weight excluding hydrogens is 234 g/mol. The topological polar surface area (TPSA) is 32.3 Å². The number of rotatable bonds is 3. The summed E-state index contributed by atoms with van der Waals surface area (Å²) in [5.41, 5.74) is 3.89. The molecule has 1 fully saturated rings. The standard InChI is InChI=1S/C17H19NO/c1-12-3-2-4-13(9-12)14-10-16(11-14)18-15-5-7-17(19)8-6-15/h2-9,14,16,18-19H,10-11H2,1H3. The van der Waals surface area contributed by atoms with Crippen LogP contribution < -0.4 is 5.32 Å². The van der Waals surface area contributed by atoms with Crippen molar-refractivity contribution < 1.29 is 5.11 Å². The van der Waals surface area contributed by atoms with Crippen LogP contribution in [-0.4, -0.2) is 11.1 Å². The van der Waals surface area contributed by atoms with Crippen LogP contribution in [0.3, 0.4) is 0 Å². The maximum atomic E-state index is 9.25. The molecule has 0 atom stereocenters. The smallest absolute Gasteiger partial charge is 0.115 e. The van der Waals surface area contributed by atoms with Crippen LogP contribution in [0.25, 0.3) is 0 Å². The second-order valence-corrected chi connectivity index (χ2v) is 5.47. The van der Waals surface area contributed by atoms with Gasteiger partial charge in [0, 0.05) is 11.7 Å². The van der Waals surface area contributed by atoms with Gasteiger partial charge in [-0.1, -0.05) is 29.8 Å². The van der Waals surface area contributed by atoms with Crippen LogP contribution in [0.5, 0.6) is 5.75 Å². The van der Waals surface area contributed by atoms with Gasteiger partial charge in [0.1, 0.15) is 5.75 Å². The van der Waals surface area contributed by atoms with Crippen molar-refractivity contribution in [3.63, 3.8) is 0 Å². The molecule has 1 aliphatic rings. The van der Waals surface area contributed by atoms with E-state index in [1.54, 1.807) is 12.1 Å². The summed E-state index contributed by atoms with van der Waals surface area (Å²) >= 11 is 0. The molecule has 0 bridgehead atoms. The van der Waals surface area contributed by atoms with Crippen molar-refractivity contribution in [2.75, 3.05) is 5.32 Å². The minimum absolute atomic E-state index is 0.316. The number of aromatic hydroxyl groups is 1. The van der Waals surface area contributed by atoms with E-state index >= 15 is 0 Å². The number of aryl methyl sites for hydroxylation is 1. The molecule has 2 N–H and O–H groups in total. The summed E-state index contributed by atoms with van der Waals surface area (Å²) in [4.78, 5) is 0. The molecule has 0 heterocycles. The molecular formula is C17H19NO. The summed E-state index contributed by atoms with van der Waals surface area (Å²) in [6.07, 6.45) is 2.37. The molecule has 0 saturated heterocycles. The highest BCUT2D eigenvalue weighted by molar-refractivity contribution is 5.47. The molecule has 2 heteroatoms. The maximum Gasteiger partial charge on any atom is 0.115 e. The third-order valence-electron chi connectivity index (χ3n) is 3.89. The Hall–Kier alpha value is -1.96. The van der Waals surface area contributed by atoms with E-state index in [0.717, 1.165) is 5.69 Å². The van der Waals surface area contributed by atoms with Crippen molar-refractivity contribution in [3.8, 4) is 5.75 Å². The van der Waals surface area contributed by atoms with Crippen LogP contribution >= 0.6 is 0 Å². The van der Waals surface area contributed by atoms with Gasteiger partial charge >= 0.3 is 0 Å². The van der Waals surface area contributed by atoms with Crippen molar-refractivity contribution in [2.45, 2.75) is 31.7 Å². The quantitative estimate of drug-likeness (QED) is 0.808. The lowest BCUT2D eigenvalue weighted by molar-refractivity contribution is 0.374. The van der Waals surface area contributed by atoms with Gasteiger partial charge in [0.25, 0.3) is 0 Å². The highest BCUT2D eigenvalue weighted by Crippen LogP contribution is 2.38. The monoisotopic (exact) mass is 253 g/mol. The van der Waals surface area contributed by atoms with E-state index in [2.05, 4.69) is 36.5 Å². The molecule has 0 aromatic heterocycles. The molecule has 19 heavy (non-hydrogen) atoms. The minimum atomic E-state index is 0.316. The zero-order valence-electron chi connectivity index (χ0n) is 11.1. The summed E-state index contributed by atoms with van der Waals surface area (Å²) in [5.74, 6) is 1.01. The Morgan fingerprint density at radius 1 is 1.05 bits per heavy atom. The second-order valence-electron chi connectivity index (χ2n) is 5.47. The number of phenolic OH excluding ortho intramolecular Hbond substituents is 1. The SMILES string of the molecule is Cc1cccc(C2CC(Nc3ccc(O)cc3)C2)c1. The van der Waals surface area contributed by atoms with E-state index in [1.807, 2.05) is 12.1 Å². The zero-order chi connectivity index (χ0) is 13.2. The van der Waals surface area contributed by atoms with Gasteiger partial charge in [0.15, 0.2) is 0 Å². The van der Waals surface area contributed by atoms with Crippen LogP contribution in [-0.2, 0) is 0 Å². The van der Waals surface area contributed by atoms with Gasteiger partial charge in [0.05, 0.1) is 0 Å². The Morgan fingerprint density at radius 2 is 1.79 bits per heavy atom. The van der Waals surface area contributed by atoms with Gasteiger partial charge in [-0.2, -0.15) is 0 Å². The summed E-state index contributed by atoms with van der Waals surface area (Å²) in [7, 11) is 0. The third kappa shape index (κ3) is 2.73. The van der Waals surface area contributed by atoms with E-state index in [1.165, 1.54) is 24.0 Å². The van der Waals surface area contributed by atoms with Crippen molar-refractivity contribution in [1.29, 1.82) is 0 Å². The molecule has 0 unspecified atom stereocenters. The predicted molar refractivity (Wildman–Crippen MR) is 78.7 cm³/mol. The van der Waals surface area contributed by atoms with Crippen LogP contribution in [0.1, 0.15) is 29.9 Å². The molecule has 2 aromatic carbocycles. The molecule has 2 nitrogen and oxygen atoms in total. The Balaban J connectivity index is 1.57. The molecule has 0 amide bonds. The summed E-state index contributed by atoms with van der Waals surface area (Å²) < 4.78 is 0. The highest BCUT2D eigenvalue weighted by atomic mass is 16.3. The third-order valence-corrected chi connectivity index (χ3v) is 3.89. The van der Waals surface area contributed by atoms with Gasteiger partial charge < -0.3 is 10.4 Å². The molecule has 98 valence electrons. The Kier molecular flexibility index (Phi) is 3.16. The average Bonchev–Trinajstić information content (AvgIpc) is 2.35. The number of phenols is 1. The fourth-order valence-corrected chi connectivity index (χ4v) is 2.73. The van der Waals surface area contributed by atoms with Crippen molar-refractivity contribution >= 4 is 5.69 Å². The van der Waals surface area contributed by atoms with Gasteiger partial charge in [-0.25, -0.2) is 0 Å². The van der Waals surface area contributed by atoms with E-state index < -0.39 is 0 Å². The normalized spacial score (nSPS) is 21.7. The van der Waals surface area contributed by atoms with Gasteiger partial charge in [-0.3, -0.25) is 0 Å². The zero-order valence-corrected chi connectivity index (χ0v) is 11.1. The number of hydrogen-bond donors (Lipinski definition) is 2. The average molecular weight is 253 g/mol. The van der Waals surface area contributed by atoms with Gasteiger partial charge in [-0.15, -0.1) is 0 Å². The van der Waals surface area contributed by atoms with Crippen molar-refractivity contribution in [1.82, 2.24) is 0 Å². The lowest BCUT2D eigenvalue weighted by atomic mass is 9.75. The van der Waals surface area contributed by atoms with Crippen LogP contribution in [0.15, 0.2) is 48.5 Å². The first kappa shape index (κ1) is 12.1. The summed E-state index contributed by atoms with van der Waals surface area (Å²) in [6, 6.07) is 16.7. The number of anilines is 1. The highest BCUT2D eigenvalue weighted by Gasteiger charge is 2.30. The van der Waals surface area contributed by atoms with Crippen LogP contribution in [0.4, 0.5) is 5.69 Å². The minimum Gasteiger partial charge on any atom is -0.508 e. The van der Waals surface area contributed by atoms with Gasteiger partial charge in [0.2, 0.25) is 0 Å². The fourth-order valence-electron chi connectivity index (χ4n) is 2.73. The second kappa shape index (κ2) is 4.96. The van der Waals surface area contributed by atoms with E-state index in [-0.39, 0.29) is 0 Å². The first-order chi connectivity index (χ1) is 9.20. The predicted octanol–water partition coefficient (Wildman–Crippen LogP) is 4.06. The van der Waals surface area contributed by atoms with Crippen LogP contribution in [0.2, 0.25) is 0 Å². The molecule has 0 radical (unpaired) electrons. The number of nitrogens with one attached hydrogen (secondary N) is 1. The molecule has 0 spiro atoms. The molecule has 3 rings (SSSR count). The van der Waals surface area contributed by atoms with Crippen LogP contribution in [0, 0.1) is 6.92 Å². The summed E-state index contributed by atoms with van der Waals surface area (Å²) in [5, 5.41) is 12.8.